The molecule has 0 aromatic heterocycles. The smallest absolute Gasteiger partial charge is 0.397 e. The van der Waals surface area contributed by atoms with Gasteiger partial charge in [-0.15, -0.1) is 0 Å². The predicted molar refractivity (Wildman–Crippen MR) is 67.6 cm³/mol. The van der Waals surface area contributed by atoms with Crippen LogP contribution in [0.25, 0.3) is 0 Å². The highest BCUT2D eigenvalue weighted by Crippen LogP contribution is 2.32. The number of nitrogens with zero attached hydrogens (tertiary/aromatic N) is 1. The maximum Gasteiger partial charge on any atom is 0.416 e. The van der Waals surface area contributed by atoms with Crippen molar-refractivity contribution in [2.75, 3.05) is 25.1 Å². The summed E-state index contributed by atoms with van der Waals surface area (Å²) >= 11 is 0. The minimum atomic E-state index is -4.43. The molecule has 1 amide bonds. The molecule has 0 radical (unpaired) electrons. The first-order valence-electron chi connectivity index (χ1n) is 5.57. The second-order valence-electron chi connectivity index (χ2n) is 4.40. The molecule has 1 atom stereocenters. The lowest BCUT2D eigenvalue weighted by atomic mass is 10.1. The Balaban J connectivity index is 2.90. The molecule has 0 heterocycles. The molecule has 7 heteroatoms. The third-order valence-corrected chi connectivity index (χ3v) is 2.56. The van der Waals surface area contributed by atoms with Crippen LogP contribution in [0.4, 0.5) is 24.5 Å². The molecule has 4 nitrogen and oxygen atoms in total. The molecule has 3 N–H and O–H groups in total. The first-order valence-corrected chi connectivity index (χ1v) is 5.57. The summed E-state index contributed by atoms with van der Waals surface area (Å²) in [4.78, 5) is 13.0. The molecule has 19 heavy (non-hydrogen) atoms. The van der Waals surface area contributed by atoms with E-state index < -0.39 is 17.8 Å². The van der Waals surface area contributed by atoms with Crippen LogP contribution in [0.15, 0.2) is 18.2 Å². The number of alkyl halides is 3. The Morgan fingerprint density at radius 2 is 1.95 bits per heavy atom. The van der Waals surface area contributed by atoms with Gasteiger partial charge in [-0.05, 0) is 25.1 Å². The molecule has 1 rings (SSSR count). The van der Waals surface area contributed by atoms with E-state index in [9.17, 15) is 18.0 Å². The summed E-state index contributed by atoms with van der Waals surface area (Å²) in [6, 6.07) is 2.41. The lowest BCUT2D eigenvalue weighted by Crippen LogP contribution is -2.36. The molecule has 1 aromatic carbocycles. The number of likely N-dealkylation sites (N-methyl/N-ethyl adjacent to an activating group) is 1. The van der Waals surface area contributed by atoms with E-state index in [1.54, 1.807) is 21.0 Å². The fourth-order valence-electron chi connectivity index (χ4n) is 1.55. The number of hydrogen-bond acceptors (Lipinski definition) is 3. The zero-order chi connectivity index (χ0) is 14.8. The Bertz CT molecular complexity index is 472. The van der Waals surface area contributed by atoms with E-state index in [1.807, 2.05) is 0 Å². The molecule has 0 aliphatic rings. The van der Waals surface area contributed by atoms with Gasteiger partial charge in [0.1, 0.15) is 6.04 Å². The van der Waals surface area contributed by atoms with E-state index in [0.717, 1.165) is 12.1 Å². The van der Waals surface area contributed by atoms with Gasteiger partial charge < -0.3 is 16.0 Å². The molecule has 0 fully saturated rings. The summed E-state index contributed by atoms with van der Waals surface area (Å²) in [6.45, 7) is 1.61. The normalized spacial score (nSPS) is 12.9. The van der Waals surface area contributed by atoms with Gasteiger partial charge in [-0.3, -0.25) is 4.79 Å². The van der Waals surface area contributed by atoms with Gasteiger partial charge in [-0.25, -0.2) is 0 Å². The monoisotopic (exact) mass is 275 g/mol. The second kappa shape index (κ2) is 5.38. The van der Waals surface area contributed by atoms with Gasteiger partial charge in [0.15, 0.2) is 0 Å². The van der Waals surface area contributed by atoms with Crippen LogP contribution in [-0.4, -0.2) is 30.9 Å². The molecule has 1 unspecified atom stereocenters. The molecule has 0 saturated heterocycles. The maximum atomic E-state index is 12.5. The van der Waals surface area contributed by atoms with Gasteiger partial charge in [-0.1, -0.05) is 0 Å². The van der Waals surface area contributed by atoms with Crippen LogP contribution in [-0.2, 0) is 11.0 Å². The minimum absolute atomic E-state index is 0.0479. The van der Waals surface area contributed by atoms with Gasteiger partial charge in [-0.2, -0.15) is 13.2 Å². The van der Waals surface area contributed by atoms with Gasteiger partial charge in [0, 0.05) is 14.1 Å². The van der Waals surface area contributed by atoms with E-state index in [1.165, 1.54) is 11.0 Å². The standard InChI is InChI=1S/C12H16F3N3O/c1-7(11(19)18(2)3)17-10-5-4-8(6-9(10)16)12(13,14)15/h4-7,17H,16H2,1-3H3. The predicted octanol–water partition coefficient (Wildman–Crippen LogP) is 2.18. The van der Waals surface area contributed by atoms with Gasteiger partial charge >= 0.3 is 6.18 Å². The van der Waals surface area contributed by atoms with Crippen molar-refractivity contribution in [3.05, 3.63) is 23.8 Å². The number of hydrogen-bond donors (Lipinski definition) is 2. The van der Waals surface area contributed by atoms with Crippen LogP contribution in [0.1, 0.15) is 12.5 Å². The zero-order valence-electron chi connectivity index (χ0n) is 10.9. The van der Waals surface area contributed by atoms with E-state index in [0.29, 0.717) is 5.69 Å². The molecule has 0 spiro atoms. The number of halogens is 3. The van der Waals surface area contributed by atoms with E-state index >= 15 is 0 Å². The summed E-state index contributed by atoms with van der Waals surface area (Å²) in [6.07, 6.45) is -4.43. The third kappa shape index (κ3) is 3.77. The average molecular weight is 275 g/mol. The summed E-state index contributed by atoms with van der Waals surface area (Å²) in [5.74, 6) is -0.195. The highest BCUT2D eigenvalue weighted by atomic mass is 19.4. The maximum absolute atomic E-state index is 12.5. The summed E-state index contributed by atoms with van der Waals surface area (Å²) in [5, 5.41) is 2.79. The summed E-state index contributed by atoms with van der Waals surface area (Å²) in [7, 11) is 3.19. The third-order valence-electron chi connectivity index (χ3n) is 2.56. The largest absolute Gasteiger partial charge is 0.416 e. The lowest BCUT2D eigenvalue weighted by Gasteiger charge is -2.20. The summed E-state index contributed by atoms with van der Waals surface area (Å²) in [5.41, 5.74) is 4.99. The molecule has 0 bridgehead atoms. The minimum Gasteiger partial charge on any atom is -0.397 e. The van der Waals surface area contributed by atoms with Crippen LogP contribution in [0.3, 0.4) is 0 Å². The highest BCUT2D eigenvalue weighted by Gasteiger charge is 2.31. The SMILES string of the molecule is CC(Nc1ccc(C(F)(F)F)cc1N)C(=O)N(C)C. The number of nitrogens with two attached hydrogens (primary N) is 1. The molecule has 106 valence electrons. The Morgan fingerprint density at radius 3 is 2.37 bits per heavy atom. The van der Waals surface area contributed by atoms with Crippen LogP contribution < -0.4 is 11.1 Å². The van der Waals surface area contributed by atoms with Crippen LogP contribution >= 0.6 is 0 Å². The fourth-order valence-corrected chi connectivity index (χ4v) is 1.55. The molecular weight excluding hydrogens is 259 g/mol. The van der Waals surface area contributed by atoms with E-state index in [4.69, 9.17) is 5.73 Å². The van der Waals surface area contributed by atoms with Crippen molar-refractivity contribution in [3.8, 4) is 0 Å². The van der Waals surface area contributed by atoms with Crippen molar-refractivity contribution in [2.24, 2.45) is 0 Å². The molecule has 1 aromatic rings. The molecule has 0 aliphatic heterocycles. The Kier molecular flexibility index (Phi) is 4.28. The van der Waals surface area contributed by atoms with Crippen molar-refractivity contribution < 1.29 is 18.0 Å². The Hall–Kier alpha value is -1.92. The van der Waals surface area contributed by atoms with Crippen LogP contribution in [0, 0.1) is 0 Å². The number of benzene rings is 1. The van der Waals surface area contributed by atoms with E-state index in [-0.39, 0.29) is 11.6 Å². The van der Waals surface area contributed by atoms with E-state index in [2.05, 4.69) is 5.32 Å². The van der Waals surface area contributed by atoms with Crippen LogP contribution in [0.2, 0.25) is 0 Å². The Morgan fingerprint density at radius 1 is 1.37 bits per heavy atom. The number of anilines is 2. The van der Waals surface area contributed by atoms with Gasteiger partial charge in [0.25, 0.3) is 0 Å². The quantitative estimate of drug-likeness (QED) is 0.831. The number of carbonyl (C=O) groups is 1. The Labute approximate surface area is 109 Å². The number of nitrogen functional groups attached to an aromatic ring is 1. The average Bonchev–Trinajstić information content (AvgIpc) is 2.29. The molecular formula is C12H16F3N3O. The van der Waals surface area contributed by atoms with Crippen molar-refractivity contribution in [1.82, 2.24) is 4.90 Å². The van der Waals surface area contributed by atoms with Crippen molar-refractivity contribution >= 4 is 17.3 Å². The van der Waals surface area contributed by atoms with Crippen LogP contribution in [0.5, 0.6) is 0 Å². The fraction of sp³-hybridized carbons (Fsp3) is 0.417. The van der Waals surface area contributed by atoms with Crippen molar-refractivity contribution in [1.29, 1.82) is 0 Å². The molecule has 0 saturated carbocycles. The lowest BCUT2D eigenvalue weighted by molar-refractivity contribution is -0.137. The first kappa shape index (κ1) is 15.1. The summed E-state index contributed by atoms with van der Waals surface area (Å²) < 4.78 is 37.4. The highest BCUT2D eigenvalue weighted by molar-refractivity contribution is 5.85. The van der Waals surface area contributed by atoms with Gasteiger partial charge in [0.2, 0.25) is 5.91 Å². The number of rotatable bonds is 3. The van der Waals surface area contributed by atoms with Crippen molar-refractivity contribution in [3.63, 3.8) is 0 Å². The molecule has 0 aliphatic carbocycles. The first-order chi connectivity index (χ1) is 8.62. The van der Waals surface area contributed by atoms with Gasteiger partial charge in [0.05, 0.1) is 16.9 Å². The van der Waals surface area contributed by atoms with Crippen molar-refractivity contribution in [2.45, 2.75) is 19.1 Å². The topological polar surface area (TPSA) is 58.4 Å². The number of carbonyl (C=O) groups excluding carboxylic acids is 1. The second-order valence-corrected chi connectivity index (χ2v) is 4.40. The number of nitrogens with one attached hydrogen (secondary N) is 1. The number of amides is 1. The zero-order valence-corrected chi connectivity index (χ0v) is 10.9.